The normalized spacial score (nSPS) is 15.8. The molecule has 0 bridgehead atoms. The standard InChI is InChI=1S/C10H20N2O4S/c1-7(6-17(4)15)11-5-9(10(14)16-3)12-8(2)13/h7,9,11H,5-6H2,1-4H3,(H,12,13). The minimum atomic E-state index is -0.900. The molecule has 17 heavy (non-hydrogen) atoms. The number of hydrogen-bond acceptors (Lipinski definition) is 5. The number of carbonyl (C=O) groups excluding carboxylic acids is 2. The predicted octanol–water partition coefficient (Wildman–Crippen LogP) is -0.979. The van der Waals surface area contributed by atoms with Crippen LogP contribution in [-0.2, 0) is 25.1 Å². The Morgan fingerprint density at radius 1 is 1.41 bits per heavy atom. The van der Waals surface area contributed by atoms with Gasteiger partial charge in [0.15, 0.2) is 0 Å². The molecule has 0 heterocycles. The summed E-state index contributed by atoms with van der Waals surface area (Å²) in [7, 11) is 0.366. The third kappa shape index (κ3) is 7.87. The largest absolute Gasteiger partial charge is 0.467 e. The van der Waals surface area contributed by atoms with Gasteiger partial charge in [-0.05, 0) is 6.92 Å². The minimum absolute atomic E-state index is 0.00162. The van der Waals surface area contributed by atoms with Crippen LogP contribution in [0.1, 0.15) is 13.8 Å². The van der Waals surface area contributed by atoms with E-state index in [2.05, 4.69) is 15.4 Å². The van der Waals surface area contributed by atoms with Crippen molar-refractivity contribution >= 4 is 22.7 Å². The molecular formula is C10H20N2O4S. The highest BCUT2D eigenvalue weighted by Gasteiger charge is 2.20. The van der Waals surface area contributed by atoms with Gasteiger partial charge in [-0.25, -0.2) is 4.79 Å². The van der Waals surface area contributed by atoms with E-state index >= 15 is 0 Å². The van der Waals surface area contributed by atoms with Gasteiger partial charge in [-0.15, -0.1) is 0 Å². The van der Waals surface area contributed by atoms with Crippen molar-refractivity contribution in [1.29, 1.82) is 0 Å². The molecule has 1 amide bonds. The monoisotopic (exact) mass is 264 g/mol. The average Bonchev–Trinajstić information content (AvgIpc) is 2.21. The number of amides is 1. The average molecular weight is 264 g/mol. The molecule has 7 heteroatoms. The Hall–Kier alpha value is -0.950. The molecule has 0 spiro atoms. The smallest absolute Gasteiger partial charge is 0.329 e. The molecule has 6 nitrogen and oxygen atoms in total. The number of hydrogen-bond donors (Lipinski definition) is 2. The zero-order valence-electron chi connectivity index (χ0n) is 10.6. The van der Waals surface area contributed by atoms with Gasteiger partial charge in [0.2, 0.25) is 5.91 Å². The first-order valence-corrected chi connectivity index (χ1v) is 6.97. The van der Waals surface area contributed by atoms with Gasteiger partial charge in [0, 0.05) is 42.3 Å². The number of nitrogens with one attached hydrogen (secondary N) is 2. The van der Waals surface area contributed by atoms with Crippen molar-refractivity contribution in [2.75, 3.05) is 25.7 Å². The summed E-state index contributed by atoms with van der Waals surface area (Å²) in [6.45, 7) is 3.45. The highest BCUT2D eigenvalue weighted by Crippen LogP contribution is 1.91. The van der Waals surface area contributed by atoms with Gasteiger partial charge in [0.25, 0.3) is 0 Å². The van der Waals surface area contributed by atoms with Crippen LogP contribution in [0.4, 0.5) is 0 Å². The first-order valence-electron chi connectivity index (χ1n) is 5.25. The topological polar surface area (TPSA) is 84.5 Å². The maximum atomic E-state index is 11.3. The second kappa shape index (κ2) is 8.19. The predicted molar refractivity (Wildman–Crippen MR) is 66.0 cm³/mol. The Morgan fingerprint density at radius 3 is 2.41 bits per heavy atom. The van der Waals surface area contributed by atoms with Gasteiger partial charge in [-0.2, -0.15) is 0 Å². The van der Waals surface area contributed by atoms with Crippen LogP contribution in [0.25, 0.3) is 0 Å². The Bertz CT molecular complexity index is 296. The van der Waals surface area contributed by atoms with Gasteiger partial charge < -0.3 is 15.4 Å². The highest BCUT2D eigenvalue weighted by molar-refractivity contribution is 7.84. The summed E-state index contributed by atoms with van der Waals surface area (Å²) in [4.78, 5) is 22.2. The molecule has 0 aromatic heterocycles. The van der Waals surface area contributed by atoms with Crippen LogP contribution in [0.15, 0.2) is 0 Å². The summed E-state index contributed by atoms with van der Waals surface area (Å²) in [5.74, 6) is -0.306. The quantitative estimate of drug-likeness (QED) is 0.577. The zero-order valence-corrected chi connectivity index (χ0v) is 11.4. The van der Waals surface area contributed by atoms with Crippen LogP contribution in [0, 0.1) is 0 Å². The van der Waals surface area contributed by atoms with Crippen molar-refractivity contribution in [3.63, 3.8) is 0 Å². The molecule has 0 aliphatic heterocycles. The van der Waals surface area contributed by atoms with Crippen LogP contribution >= 0.6 is 0 Å². The van der Waals surface area contributed by atoms with E-state index < -0.39 is 22.8 Å². The Morgan fingerprint density at radius 2 is 2.00 bits per heavy atom. The maximum Gasteiger partial charge on any atom is 0.329 e. The lowest BCUT2D eigenvalue weighted by molar-refractivity contribution is -0.144. The third-order valence-corrected chi connectivity index (χ3v) is 2.99. The third-order valence-electron chi connectivity index (χ3n) is 2.02. The van der Waals surface area contributed by atoms with E-state index in [0.717, 1.165) is 0 Å². The Labute approximate surface area is 104 Å². The number of esters is 1. The van der Waals surface area contributed by atoms with Gasteiger partial charge in [-0.3, -0.25) is 9.00 Å². The molecule has 0 saturated carbocycles. The molecule has 0 aliphatic carbocycles. The summed E-state index contributed by atoms with van der Waals surface area (Å²) >= 11 is 0. The molecule has 0 radical (unpaired) electrons. The second-order valence-electron chi connectivity index (χ2n) is 3.83. The lowest BCUT2D eigenvalue weighted by Crippen LogP contribution is -2.49. The molecule has 3 atom stereocenters. The fourth-order valence-electron chi connectivity index (χ4n) is 1.31. The SMILES string of the molecule is COC(=O)C(CNC(C)CS(C)=O)NC(C)=O. The lowest BCUT2D eigenvalue weighted by atomic mass is 10.2. The first kappa shape index (κ1) is 16.1. The van der Waals surface area contributed by atoms with Crippen molar-refractivity contribution < 1.29 is 18.5 Å². The molecule has 0 aromatic carbocycles. The summed E-state index contributed by atoms with van der Waals surface area (Å²) < 4.78 is 15.5. The van der Waals surface area contributed by atoms with E-state index in [1.54, 1.807) is 6.26 Å². The molecule has 0 saturated heterocycles. The molecule has 0 fully saturated rings. The molecule has 0 aromatic rings. The number of carbonyl (C=O) groups is 2. The van der Waals surface area contributed by atoms with Gasteiger partial charge in [0.1, 0.15) is 6.04 Å². The number of rotatable bonds is 7. The van der Waals surface area contributed by atoms with Crippen LogP contribution in [0.2, 0.25) is 0 Å². The molecule has 100 valence electrons. The van der Waals surface area contributed by atoms with E-state index in [1.807, 2.05) is 6.92 Å². The Balaban J connectivity index is 4.20. The molecule has 0 aliphatic rings. The van der Waals surface area contributed by atoms with Crippen LogP contribution in [0.3, 0.4) is 0 Å². The van der Waals surface area contributed by atoms with E-state index in [-0.39, 0.29) is 18.5 Å². The molecule has 3 unspecified atom stereocenters. The fourth-order valence-corrected chi connectivity index (χ4v) is 2.13. The fraction of sp³-hybridized carbons (Fsp3) is 0.800. The number of ether oxygens (including phenoxy) is 1. The van der Waals surface area contributed by atoms with Crippen molar-refractivity contribution in [3.8, 4) is 0 Å². The van der Waals surface area contributed by atoms with Crippen molar-refractivity contribution in [2.24, 2.45) is 0 Å². The van der Waals surface area contributed by atoms with Crippen LogP contribution in [0.5, 0.6) is 0 Å². The van der Waals surface area contributed by atoms with Gasteiger partial charge >= 0.3 is 5.97 Å². The van der Waals surface area contributed by atoms with E-state index in [0.29, 0.717) is 5.75 Å². The van der Waals surface area contributed by atoms with Gasteiger partial charge in [-0.1, -0.05) is 0 Å². The van der Waals surface area contributed by atoms with Crippen molar-refractivity contribution in [1.82, 2.24) is 10.6 Å². The van der Waals surface area contributed by atoms with Gasteiger partial charge in [0.05, 0.1) is 7.11 Å². The molecule has 2 N–H and O–H groups in total. The summed E-state index contributed by atoms with van der Waals surface area (Å²) in [6.07, 6.45) is 1.61. The Kier molecular flexibility index (Phi) is 7.73. The van der Waals surface area contributed by atoms with Crippen molar-refractivity contribution in [2.45, 2.75) is 25.9 Å². The highest BCUT2D eigenvalue weighted by atomic mass is 32.2. The molecular weight excluding hydrogens is 244 g/mol. The van der Waals surface area contributed by atoms with Crippen molar-refractivity contribution in [3.05, 3.63) is 0 Å². The maximum absolute atomic E-state index is 11.3. The second-order valence-corrected chi connectivity index (χ2v) is 5.31. The number of methoxy groups -OCH3 is 1. The zero-order chi connectivity index (χ0) is 13.4. The van der Waals surface area contributed by atoms with Crippen LogP contribution in [-0.4, -0.2) is 53.8 Å². The molecule has 0 rings (SSSR count). The van der Waals surface area contributed by atoms with E-state index in [4.69, 9.17) is 0 Å². The lowest BCUT2D eigenvalue weighted by Gasteiger charge is -2.19. The first-order chi connectivity index (χ1) is 7.86. The minimum Gasteiger partial charge on any atom is -0.467 e. The van der Waals surface area contributed by atoms with E-state index in [9.17, 15) is 13.8 Å². The van der Waals surface area contributed by atoms with E-state index in [1.165, 1.54) is 14.0 Å². The van der Waals surface area contributed by atoms with Crippen LogP contribution < -0.4 is 10.6 Å². The summed E-state index contributed by atoms with van der Waals surface area (Å²) in [6, 6.07) is -0.716. The summed E-state index contributed by atoms with van der Waals surface area (Å²) in [5.41, 5.74) is 0. The summed E-state index contributed by atoms with van der Waals surface area (Å²) in [5, 5.41) is 5.51.